The van der Waals surface area contributed by atoms with Crippen molar-refractivity contribution in [2.75, 3.05) is 26.7 Å². The first-order chi connectivity index (χ1) is 12.6. The Bertz CT molecular complexity index is 630. The first kappa shape index (κ1) is 18.6. The number of aromatic nitrogens is 2. The minimum Gasteiger partial charge on any atom is -0.374 e. The summed E-state index contributed by atoms with van der Waals surface area (Å²) in [6.45, 7) is 4.63. The van der Waals surface area contributed by atoms with Crippen LogP contribution in [0.15, 0.2) is 12.4 Å². The summed E-state index contributed by atoms with van der Waals surface area (Å²) in [6.07, 6.45) is 6.97. The van der Waals surface area contributed by atoms with E-state index in [0.717, 1.165) is 50.9 Å². The lowest BCUT2D eigenvalue weighted by Gasteiger charge is -2.41. The Morgan fingerprint density at radius 2 is 2.00 bits per heavy atom. The van der Waals surface area contributed by atoms with Gasteiger partial charge in [0.15, 0.2) is 0 Å². The summed E-state index contributed by atoms with van der Waals surface area (Å²) in [7, 11) is 1.61. The number of ether oxygens (including phenoxy) is 1. The topological polar surface area (TPSA) is 87.7 Å². The first-order valence-electron chi connectivity index (χ1n) is 9.37. The summed E-state index contributed by atoms with van der Waals surface area (Å²) in [5.41, 5.74) is 0.971. The maximum absolute atomic E-state index is 12.9. The summed E-state index contributed by atoms with van der Waals surface area (Å²) < 4.78 is 5.24. The molecule has 0 aliphatic carbocycles. The number of aryl methyl sites for hydroxylation is 1. The highest BCUT2D eigenvalue weighted by Gasteiger charge is 2.37. The smallest absolute Gasteiger partial charge is 0.374 e. The number of likely N-dealkylation sites (N-methyl/N-ethyl adjacent to an activating group) is 1. The lowest BCUT2D eigenvalue weighted by Crippen LogP contribution is -2.57. The Morgan fingerprint density at radius 3 is 2.65 bits per heavy atom. The van der Waals surface area contributed by atoms with Crippen molar-refractivity contribution in [1.29, 1.82) is 0 Å². The van der Waals surface area contributed by atoms with Gasteiger partial charge in [0, 0.05) is 32.0 Å². The van der Waals surface area contributed by atoms with E-state index in [2.05, 4.69) is 15.3 Å². The van der Waals surface area contributed by atoms with E-state index in [-0.39, 0.29) is 18.0 Å². The van der Waals surface area contributed by atoms with Crippen LogP contribution in [0, 0.1) is 0 Å². The van der Waals surface area contributed by atoms with Gasteiger partial charge in [0.25, 0.3) is 0 Å². The molecule has 0 bridgehead atoms. The standard InChI is InChI=1S/C18H27N5O3/c1-3-13-11-20-17(21-12-13)26-18(25)22(2)15-5-4-10-23(16(15)24)14-6-8-19-9-7-14/h11-12,14-15,19H,3-10H2,1-2H3/t15-/m1/s1. The summed E-state index contributed by atoms with van der Waals surface area (Å²) in [4.78, 5) is 36.8. The summed E-state index contributed by atoms with van der Waals surface area (Å²) in [5.74, 6) is 0.0184. The molecule has 2 fully saturated rings. The third-order valence-electron chi connectivity index (χ3n) is 5.22. The molecule has 0 aromatic carbocycles. The van der Waals surface area contributed by atoms with Gasteiger partial charge in [-0.25, -0.2) is 14.8 Å². The Labute approximate surface area is 153 Å². The molecule has 2 amide bonds. The molecule has 2 aliphatic heterocycles. The zero-order valence-corrected chi connectivity index (χ0v) is 15.5. The lowest BCUT2D eigenvalue weighted by atomic mass is 9.97. The Kier molecular flexibility index (Phi) is 6.03. The average molecular weight is 361 g/mol. The number of nitrogens with zero attached hydrogens (tertiary/aromatic N) is 4. The van der Waals surface area contributed by atoms with Crippen LogP contribution in [-0.4, -0.2) is 70.5 Å². The van der Waals surface area contributed by atoms with Gasteiger partial charge in [-0.3, -0.25) is 9.69 Å². The van der Waals surface area contributed by atoms with Gasteiger partial charge < -0.3 is 15.0 Å². The van der Waals surface area contributed by atoms with Gasteiger partial charge in [0.05, 0.1) is 0 Å². The molecule has 1 N–H and O–H groups in total. The third kappa shape index (κ3) is 4.12. The minimum atomic E-state index is -0.597. The molecule has 0 saturated carbocycles. The molecule has 3 rings (SSSR count). The van der Waals surface area contributed by atoms with Gasteiger partial charge in [-0.1, -0.05) is 6.92 Å². The maximum Gasteiger partial charge on any atom is 0.418 e. The van der Waals surface area contributed by atoms with Crippen LogP contribution in [0.3, 0.4) is 0 Å². The van der Waals surface area contributed by atoms with E-state index in [1.165, 1.54) is 4.90 Å². The van der Waals surface area contributed by atoms with Crippen molar-refractivity contribution in [3.63, 3.8) is 0 Å². The molecule has 3 heterocycles. The van der Waals surface area contributed by atoms with Gasteiger partial charge in [-0.2, -0.15) is 0 Å². The predicted octanol–water partition coefficient (Wildman–Crippen LogP) is 1.21. The molecule has 142 valence electrons. The predicted molar refractivity (Wildman–Crippen MR) is 95.8 cm³/mol. The van der Waals surface area contributed by atoms with Gasteiger partial charge in [0.1, 0.15) is 6.04 Å². The van der Waals surface area contributed by atoms with E-state index in [4.69, 9.17) is 4.74 Å². The molecule has 0 unspecified atom stereocenters. The van der Waals surface area contributed by atoms with Crippen molar-refractivity contribution in [3.8, 4) is 6.01 Å². The molecule has 8 heteroatoms. The molecule has 1 aromatic rings. The van der Waals surface area contributed by atoms with Gasteiger partial charge in [-0.05, 0) is 50.8 Å². The largest absolute Gasteiger partial charge is 0.418 e. The van der Waals surface area contributed by atoms with E-state index in [9.17, 15) is 9.59 Å². The fourth-order valence-electron chi connectivity index (χ4n) is 3.58. The van der Waals surface area contributed by atoms with E-state index in [1.807, 2.05) is 11.8 Å². The quantitative estimate of drug-likeness (QED) is 0.867. The van der Waals surface area contributed by atoms with Crippen molar-refractivity contribution >= 4 is 12.0 Å². The fourth-order valence-corrected chi connectivity index (χ4v) is 3.58. The van der Waals surface area contributed by atoms with Gasteiger partial charge >= 0.3 is 12.1 Å². The van der Waals surface area contributed by atoms with E-state index >= 15 is 0 Å². The number of hydrogen-bond donors (Lipinski definition) is 1. The third-order valence-corrected chi connectivity index (χ3v) is 5.22. The SMILES string of the molecule is CCc1cnc(OC(=O)N(C)[C@@H]2CCCN(C3CCNCC3)C2=O)nc1. The average Bonchev–Trinajstić information content (AvgIpc) is 2.69. The molecule has 1 aromatic heterocycles. The lowest BCUT2D eigenvalue weighted by molar-refractivity contribution is -0.142. The zero-order chi connectivity index (χ0) is 18.5. The number of carbonyl (C=O) groups excluding carboxylic acids is 2. The van der Waals surface area contributed by atoms with Gasteiger partial charge in [-0.15, -0.1) is 0 Å². The zero-order valence-electron chi connectivity index (χ0n) is 15.5. The highest BCUT2D eigenvalue weighted by Crippen LogP contribution is 2.23. The van der Waals surface area contributed by atoms with E-state index in [1.54, 1.807) is 19.4 Å². The second-order valence-corrected chi connectivity index (χ2v) is 6.88. The molecule has 1 atom stereocenters. The second-order valence-electron chi connectivity index (χ2n) is 6.88. The van der Waals surface area contributed by atoms with Crippen LogP contribution in [0.1, 0.15) is 38.2 Å². The van der Waals surface area contributed by atoms with Crippen LogP contribution < -0.4 is 10.1 Å². The van der Waals surface area contributed by atoms with Gasteiger partial charge in [0.2, 0.25) is 5.91 Å². The molecule has 2 aliphatic rings. The number of rotatable bonds is 4. The highest BCUT2D eigenvalue weighted by molar-refractivity contribution is 5.86. The highest BCUT2D eigenvalue weighted by atomic mass is 16.6. The molecule has 0 radical (unpaired) electrons. The summed E-state index contributed by atoms with van der Waals surface area (Å²) in [5, 5.41) is 3.32. The van der Waals surface area contributed by atoms with Crippen LogP contribution in [0.2, 0.25) is 0 Å². The van der Waals surface area contributed by atoms with Crippen molar-refractivity contribution in [3.05, 3.63) is 18.0 Å². The minimum absolute atomic E-state index is 0.0116. The van der Waals surface area contributed by atoms with Crippen molar-refractivity contribution in [1.82, 2.24) is 25.1 Å². The molecule has 26 heavy (non-hydrogen) atoms. The first-order valence-corrected chi connectivity index (χ1v) is 9.37. The number of carbonyl (C=O) groups is 2. The van der Waals surface area contributed by atoms with Crippen molar-refractivity contribution in [2.45, 2.75) is 51.1 Å². The Hall–Kier alpha value is -2.22. The van der Waals surface area contributed by atoms with Crippen molar-refractivity contribution < 1.29 is 14.3 Å². The van der Waals surface area contributed by atoms with Crippen LogP contribution in [0.5, 0.6) is 6.01 Å². The van der Waals surface area contributed by atoms with Crippen LogP contribution >= 0.6 is 0 Å². The van der Waals surface area contributed by atoms with Crippen molar-refractivity contribution in [2.24, 2.45) is 0 Å². The Balaban J connectivity index is 1.62. The number of nitrogens with one attached hydrogen (secondary N) is 1. The summed E-state index contributed by atoms with van der Waals surface area (Å²) >= 11 is 0. The molecule has 8 nitrogen and oxygen atoms in total. The van der Waals surface area contributed by atoms with Crippen LogP contribution in [0.4, 0.5) is 4.79 Å². The van der Waals surface area contributed by atoms with Crippen LogP contribution in [-0.2, 0) is 11.2 Å². The van der Waals surface area contributed by atoms with E-state index < -0.39 is 12.1 Å². The molecular formula is C18H27N5O3. The Morgan fingerprint density at radius 1 is 1.31 bits per heavy atom. The number of piperidine rings is 2. The molecular weight excluding hydrogens is 334 g/mol. The normalized spacial score (nSPS) is 21.5. The summed E-state index contributed by atoms with van der Waals surface area (Å²) in [6, 6.07) is -0.209. The number of likely N-dealkylation sites (tertiary alicyclic amines) is 1. The number of amides is 2. The maximum atomic E-state index is 12.9. The van der Waals surface area contributed by atoms with Crippen LogP contribution in [0.25, 0.3) is 0 Å². The second kappa shape index (κ2) is 8.44. The number of hydrogen-bond acceptors (Lipinski definition) is 6. The monoisotopic (exact) mass is 361 g/mol. The fraction of sp³-hybridized carbons (Fsp3) is 0.667. The van der Waals surface area contributed by atoms with E-state index in [0.29, 0.717) is 6.42 Å². The molecule has 0 spiro atoms. The molecule has 2 saturated heterocycles.